The highest BCUT2D eigenvalue weighted by Gasteiger charge is 1.83. The molecule has 0 aliphatic rings. The minimum absolute atomic E-state index is 0.305. The zero-order valence-corrected chi connectivity index (χ0v) is 5.27. The standard InChI is InChI=1S/C4H7O3P/c5-3-1-2-4-7-8-6/h3H,1-2,4H2. The third kappa shape index (κ3) is 5.73. The normalized spacial score (nSPS) is 9.50. The molecule has 0 radical (unpaired) electrons. The van der Waals surface area contributed by atoms with E-state index in [1.54, 1.807) is 0 Å². The van der Waals surface area contributed by atoms with E-state index in [4.69, 9.17) is 0 Å². The van der Waals surface area contributed by atoms with E-state index in [1.165, 1.54) is 0 Å². The molecule has 0 aliphatic heterocycles. The summed E-state index contributed by atoms with van der Waals surface area (Å²) in [5, 5.41) is 0. The summed E-state index contributed by atoms with van der Waals surface area (Å²) in [4.78, 5) is 9.63. The summed E-state index contributed by atoms with van der Waals surface area (Å²) >= 11 is 0. The molecular weight excluding hydrogens is 127 g/mol. The highest BCUT2D eigenvalue weighted by Crippen LogP contribution is 1.95. The lowest BCUT2D eigenvalue weighted by Gasteiger charge is -1.86. The maximum Gasteiger partial charge on any atom is 0.327 e. The van der Waals surface area contributed by atoms with Gasteiger partial charge in [-0.3, -0.25) is 4.52 Å². The van der Waals surface area contributed by atoms with E-state index in [2.05, 4.69) is 4.52 Å². The van der Waals surface area contributed by atoms with Crippen molar-refractivity contribution in [1.82, 2.24) is 0 Å². The molecule has 46 valence electrons. The number of unbranched alkanes of at least 4 members (excludes halogenated alkanes) is 1. The number of carbonyl (C=O) groups is 1. The molecule has 0 bridgehead atoms. The van der Waals surface area contributed by atoms with Gasteiger partial charge in [0.1, 0.15) is 6.29 Å². The second-order valence-electron chi connectivity index (χ2n) is 1.22. The lowest BCUT2D eigenvalue weighted by Crippen LogP contribution is -1.83. The molecular formula is C4H7O3P. The van der Waals surface area contributed by atoms with Gasteiger partial charge in [0.25, 0.3) is 0 Å². The van der Waals surface area contributed by atoms with E-state index in [-0.39, 0.29) is 8.69 Å². The Kier molecular flexibility index (Phi) is 6.50. The van der Waals surface area contributed by atoms with E-state index >= 15 is 0 Å². The van der Waals surface area contributed by atoms with Crippen molar-refractivity contribution in [2.45, 2.75) is 12.8 Å². The fraction of sp³-hybridized carbons (Fsp3) is 0.750. The first kappa shape index (κ1) is 7.73. The summed E-state index contributed by atoms with van der Waals surface area (Å²) in [5.74, 6) is 0. The largest absolute Gasteiger partial charge is 0.327 e. The van der Waals surface area contributed by atoms with Crippen molar-refractivity contribution in [3.05, 3.63) is 0 Å². The first-order valence-electron chi connectivity index (χ1n) is 2.30. The Bertz CT molecular complexity index is 63.7. The molecule has 0 fully saturated rings. The van der Waals surface area contributed by atoms with Gasteiger partial charge < -0.3 is 4.79 Å². The molecule has 0 unspecified atom stereocenters. The van der Waals surface area contributed by atoms with Gasteiger partial charge in [0.2, 0.25) is 0 Å². The van der Waals surface area contributed by atoms with Crippen LogP contribution in [0.3, 0.4) is 0 Å². The summed E-state index contributed by atoms with van der Waals surface area (Å²) < 4.78 is 13.9. The van der Waals surface area contributed by atoms with Crippen LogP contribution in [-0.4, -0.2) is 12.9 Å². The van der Waals surface area contributed by atoms with E-state index in [1.807, 2.05) is 0 Å². The maximum atomic E-state index is 9.63. The van der Waals surface area contributed by atoms with Gasteiger partial charge >= 0.3 is 8.69 Å². The average Bonchev–Trinajstić information content (AvgIpc) is 1.81. The van der Waals surface area contributed by atoms with Crippen LogP contribution in [0, 0.1) is 0 Å². The van der Waals surface area contributed by atoms with Crippen molar-refractivity contribution in [2.75, 3.05) is 6.61 Å². The third-order valence-electron chi connectivity index (χ3n) is 0.610. The lowest BCUT2D eigenvalue weighted by atomic mass is 10.4. The zero-order valence-electron chi connectivity index (χ0n) is 4.37. The van der Waals surface area contributed by atoms with Gasteiger partial charge in [0.05, 0.1) is 6.61 Å². The van der Waals surface area contributed by atoms with Gasteiger partial charge in [-0.1, -0.05) is 0 Å². The van der Waals surface area contributed by atoms with Crippen LogP contribution in [-0.2, 0) is 13.9 Å². The predicted molar refractivity (Wildman–Crippen MR) is 28.9 cm³/mol. The Morgan fingerprint density at radius 3 is 2.88 bits per heavy atom. The van der Waals surface area contributed by atoms with E-state index < -0.39 is 0 Å². The first-order chi connectivity index (χ1) is 3.91. The number of hydrogen-bond acceptors (Lipinski definition) is 3. The van der Waals surface area contributed by atoms with Crippen molar-refractivity contribution in [2.24, 2.45) is 0 Å². The molecule has 8 heavy (non-hydrogen) atoms. The monoisotopic (exact) mass is 134 g/mol. The van der Waals surface area contributed by atoms with Gasteiger partial charge in [0, 0.05) is 6.42 Å². The molecule has 0 aromatic rings. The summed E-state index contributed by atoms with van der Waals surface area (Å²) in [6.07, 6.45) is 1.94. The second-order valence-corrected chi connectivity index (χ2v) is 1.62. The SMILES string of the molecule is O=CCCCOP=O. The fourth-order valence-corrected chi connectivity index (χ4v) is 0.472. The molecule has 0 heterocycles. The Morgan fingerprint density at radius 1 is 1.62 bits per heavy atom. The van der Waals surface area contributed by atoms with Crippen LogP contribution in [0.4, 0.5) is 0 Å². The summed E-state index contributed by atoms with van der Waals surface area (Å²) in [7, 11) is -0.305. The molecule has 0 N–H and O–H groups in total. The van der Waals surface area contributed by atoms with Crippen molar-refractivity contribution < 1.29 is 13.9 Å². The van der Waals surface area contributed by atoms with Crippen LogP contribution in [0.2, 0.25) is 0 Å². The molecule has 0 atom stereocenters. The molecule has 0 aliphatic carbocycles. The van der Waals surface area contributed by atoms with Gasteiger partial charge in [-0.2, -0.15) is 0 Å². The number of carbonyl (C=O) groups excluding carboxylic acids is 1. The molecule has 0 aromatic carbocycles. The predicted octanol–water partition coefficient (Wildman–Crippen LogP) is 1.19. The number of aldehydes is 1. The van der Waals surface area contributed by atoms with Crippen molar-refractivity contribution in [1.29, 1.82) is 0 Å². The Labute approximate surface area is 49.3 Å². The van der Waals surface area contributed by atoms with Crippen LogP contribution in [0.15, 0.2) is 0 Å². The van der Waals surface area contributed by atoms with Crippen molar-refractivity contribution in [3.63, 3.8) is 0 Å². The second kappa shape index (κ2) is 6.73. The molecule has 0 spiro atoms. The topological polar surface area (TPSA) is 43.4 Å². The van der Waals surface area contributed by atoms with Crippen molar-refractivity contribution in [3.8, 4) is 0 Å². The molecule has 0 amide bonds. The third-order valence-corrected chi connectivity index (χ3v) is 0.898. The number of hydrogen-bond donors (Lipinski definition) is 0. The van der Waals surface area contributed by atoms with Crippen LogP contribution >= 0.6 is 8.69 Å². The van der Waals surface area contributed by atoms with E-state index in [0.717, 1.165) is 6.29 Å². The van der Waals surface area contributed by atoms with Gasteiger partial charge in [-0.05, 0) is 6.42 Å². The summed E-state index contributed by atoms with van der Waals surface area (Å²) in [6.45, 7) is 0.393. The Hall–Kier alpha value is -0.270. The minimum Gasteiger partial charge on any atom is -0.303 e. The average molecular weight is 134 g/mol. The lowest BCUT2D eigenvalue weighted by molar-refractivity contribution is -0.108. The molecule has 0 saturated carbocycles. The summed E-state index contributed by atoms with van der Waals surface area (Å²) in [5.41, 5.74) is 0. The summed E-state index contributed by atoms with van der Waals surface area (Å²) in [6, 6.07) is 0. The Morgan fingerprint density at radius 2 is 2.38 bits per heavy atom. The van der Waals surface area contributed by atoms with E-state index in [0.29, 0.717) is 19.4 Å². The Balaban J connectivity index is 2.71. The highest BCUT2D eigenvalue weighted by atomic mass is 31.1. The van der Waals surface area contributed by atoms with Gasteiger partial charge in [0.15, 0.2) is 0 Å². The first-order valence-corrected chi connectivity index (χ1v) is 3.03. The van der Waals surface area contributed by atoms with Gasteiger partial charge in [-0.25, -0.2) is 4.57 Å². The molecule has 4 heteroatoms. The van der Waals surface area contributed by atoms with Crippen LogP contribution in [0.25, 0.3) is 0 Å². The quantitative estimate of drug-likeness (QED) is 0.322. The van der Waals surface area contributed by atoms with Crippen molar-refractivity contribution >= 4 is 15.0 Å². The van der Waals surface area contributed by atoms with Crippen LogP contribution < -0.4 is 0 Å². The molecule has 0 rings (SSSR count). The van der Waals surface area contributed by atoms with Crippen LogP contribution in [0.5, 0.6) is 0 Å². The van der Waals surface area contributed by atoms with E-state index in [9.17, 15) is 9.36 Å². The van der Waals surface area contributed by atoms with Crippen LogP contribution in [0.1, 0.15) is 12.8 Å². The molecule has 0 aromatic heterocycles. The maximum absolute atomic E-state index is 9.63. The van der Waals surface area contributed by atoms with Gasteiger partial charge in [-0.15, -0.1) is 0 Å². The number of rotatable bonds is 5. The highest BCUT2D eigenvalue weighted by molar-refractivity contribution is 7.17. The minimum atomic E-state index is -0.305. The molecule has 3 nitrogen and oxygen atoms in total. The molecule has 0 saturated heterocycles. The zero-order chi connectivity index (χ0) is 6.24. The fourth-order valence-electron chi connectivity index (χ4n) is 0.268. The smallest absolute Gasteiger partial charge is 0.303 e.